The van der Waals surface area contributed by atoms with Gasteiger partial charge >= 0.3 is 0 Å². The Morgan fingerprint density at radius 2 is 0.849 bits per heavy atom. The maximum atomic E-state index is 11.3. The maximum Gasteiger partial charge on any atom is 0.187 e. The fourth-order valence-electron chi connectivity index (χ4n) is 7.24. The lowest BCUT2D eigenvalue weighted by Gasteiger charge is -2.49. The predicted octanol–water partition coefficient (Wildman–Crippen LogP) is -11.1. The van der Waals surface area contributed by atoms with E-state index < -0.39 is 167 Å². The molecular weight excluding hydrogens is 720 g/mol. The molecular formula is C29H56N6O18. The van der Waals surface area contributed by atoms with Gasteiger partial charge in [-0.1, -0.05) is 0 Å². The van der Waals surface area contributed by atoms with Gasteiger partial charge in [-0.15, -0.1) is 0 Å². The normalized spacial score (nSPS) is 53.9. The summed E-state index contributed by atoms with van der Waals surface area (Å²) in [5.74, 6) is 0. The molecule has 5 fully saturated rings. The topological polar surface area (TPSA) is 432 Å². The summed E-state index contributed by atoms with van der Waals surface area (Å²) >= 11 is 0. The van der Waals surface area contributed by atoms with Gasteiger partial charge in [0.05, 0.1) is 44.1 Å². The Morgan fingerprint density at radius 1 is 0.415 bits per heavy atom. The van der Waals surface area contributed by atoms with Gasteiger partial charge in [0, 0.05) is 18.6 Å². The molecule has 0 aromatic heterocycles. The molecule has 0 aromatic rings. The first-order chi connectivity index (χ1) is 25.1. The van der Waals surface area contributed by atoms with Crippen molar-refractivity contribution < 1.29 is 89.0 Å². The minimum atomic E-state index is -1.72. The summed E-state index contributed by atoms with van der Waals surface area (Å²) in [5, 5.41) is 105. The summed E-state index contributed by atoms with van der Waals surface area (Å²) in [7, 11) is 0. The Morgan fingerprint density at radius 3 is 1.43 bits per heavy atom. The Balaban J connectivity index is 1.29. The van der Waals surface area contributed by atoms with Gasteiger partial charge in [0.25, 0.3) is 0 Å². The van der Waals surface area contributed by atoms with Crippen molar-refractivity contribution in [3.05, 3.63) is 0 Å². The fourth-order valence-corrected chi connectivity index (χ4v) is 7.24. The van der Waals surface area contributed by atoms with E-state index in [1.165, 1.54) is 0 Å². The zero-order chi connectivity index (χ0) is 39.0. The van der Waals surface area contributed by atoms with E-state index in [4.69, 9.17) is 72.3 Å². The van der Waals surface area contributed by atoms with E-state index in [1.54, 1.807) is 0 Å². The molecule has 5 aliphatic rings. The first-order valence-electron chi connectivity index (χ1n) is 17.4. The van der Waals surface area contributed by atoms with E-state index in [9.17, 15) is 51.1 Å². The van der Waals surface area contributed by atoms with Crippen LogP contribution in [0.2, 0.25) is 0 Å². The van der Waals surface area contributed by atoms with Crippen LogP contribution < -0.4 is 34.4 Å². The fraction of sp³-hybridized carbons (Fsp3) is 1.00. The van der Waals surface area contributed by atoms with Gasteiger partial charge < -0.3 is 123 Å². The van der Waals surface area contributed by atoms with Crippen LogP contribution in [-0.4, -0.2) is 224 Å². The van der Waals surface area contributed by atoms with Crippen LogP contribution in [0.25, 0.3) is 0 Å². The second-order valence-electron chi connectivity index (χ2n) is 14.1. The molecule has 0 spiro atoms. The molecule has 4 heterocycles. The van der Waals surface area contributed by atoms with Crippen molar-refractivity contribution in [3.63, 3.8) is 0 Å². The van der Waals surface area contributed by atoms with Crippen LogP contribution in [-0.2, 0) is 37.9 Å². The van der Waals surface area contributed by atoms with Crippen molar-refractivity contribution >= 4 is 0 Å². The first-order valence-corrected chi connectivity index (χ1v) is 17.4. The highest BCUT2D eigenvalue weighted by Gasteiger charge is 2.55. The van der Waals surface area contributed by atoms with Crippen LogP contribution in [0.1, 0.15) is 6.42 Å². The molecule has 1 aliphatic carbocycles. The molecule has 5 rings (SSSR count). The minimum Gasteiger partial charge on any atom is -0.394 e. The second kappa shape index (κ2) is 18.1. The number of aliphatic hydroxyl groups excluding tert-OH is 10. The van der Waals surface area contributed by atoms with E-state index in [-0.39, 0.29) is 13.0 Å². The Hall–Kier alpha value is -0.960. The van der Waals surface area contributed by atoms with Crippen LogP contribution >= 0.6 is 0 Å². The van der Waals surface area contributed by atoms with Crippen molar-refractivity contribution in [2.24, 2.45) is 34.4 Å². The molecule has 24 atom stereocenters. The summed E-state index contributed by atoms with van der Waals surface area (Å²) in [4.78, 5) is 0. The summed E-state index contributed by atoms with van der Waals surface area (Å²) in [6.07, 6.45) is -27.8. The molecule has 310 valence electrons. The standard InChI is InChI=1S/C29H56N6O18/c30-2-8-16(40)18(42)13(34)26(46-8)51-24-11(5-38)49-29(21(24)45)53-25-15(39)6(31)1-7(32)22(25)50-27-14(35)19(43)23(10(4-37)48-27)52-28-20(44)17(41)12(33)9(3-36)47-28/h6-29,36-45H,1-5,30-35H2/t6-,7+,8+,9-,10-,11-,12-,13-,14-,15+,16-,17+,18-,19-,20-,21-,22-,23-,24-,25-,26-,27-,28-,29+/m1/s1. The van der Waals surface area contributed by atoms with Gasteiger partial charge in [0.15, 0.2) is 25.2 Å². The first kappa shape index (κ1) is 43.2. The average Bonchev–Trinajstić information content (AvgIpc) is 3.44. The Kier molecular flexibility index (Phi) is 14.7. The third-order valence-corrected chi connectivity index (χ3v) is 10.5. The molecule has 4 aliphatic heterocycles. The number of aliphatic hydroxyl groups is 10. The minimum absolute atomic E-state index is 0.00869. The van der Waals surface area contributed by atoms with Crippen molar-refractivity contribution in [1.82, 2.24) is 0 Å². The molecule has 0 radical (unpaired) electrons. The third kappa shape index (κ3) is 8.66. The molecule has 1 saturated carbocycles. The molecule has 0 unspecified atom stereocenters. The van der Waals surface area contributed by atoms with E-state index in [0.717, 1.165) is 0 Å². The summed E-state index contributed by atoms with van der Waals surface area (Å²) in [5.41, 5.74) is 36.3. The molecule has 24 heteroatoms. The lowest BCUT2D eigenvalue weighted by molar-refractivity contribution is -0.347. The largest absolute Gasteiger partial charge is 0.394 e. The molecule has 0 amide bonds. The monoisotopic (exact) mass is 776 g/mol. The van der Waals surface area contributed by atoms with E-state index in [1.807, 2.05) is 0 Å². The molecule has 0 aromatic carbocycles. The molecule has 22 N–H and O–H groups in total. The Bertz CT molecular complexity index is 1160. The van der Waals surface area contributed by atoms with Crippen LogP contribution in [0, 0.1) is 0 Å². The zero-order valence-electron chi connectivity index (χ0n) is 28.6. The van der Waals surface area contributed by atoms with E-state index in [0.29, 0.717) is 0 Å². The lowest BCUT2D eigenvalue weighted by Crippen LogP contribution is -2.69. The average molecular weight is 777 g/mol. The molecule has 0 bridgehead atoms. The molecule has 4 saturated heterocycles. The number of rotatable bonds is 12. The van der Waals surface area contributed by atoms with Gasteiger partial charge in [-0.3, -0.25) is 0 Å². The van der Waals surface area contributed by atoms with Gasteiger partial charge in [0.1, 0.15) is 85.5 Å². The Labute approximate surface area is 303 Å². The smallest absolute Gasteiger partial charge is 0.187 e. The van der Waals surface area contributed by atoms with Gasteiger partial charge in [-0.2, -0.15) is 0 Å². The zero-order valence-corrected chi connectivity index (χ0v) is 28.6. The molecule has 24 nitrogen and oxygen atoms in total. The highest BCUT2D eigenvalue weighted by molar-refractivity contribution is 5.03. The summed E-state index contributed by atoms with van der Waals surface area (Å²) < 4.78 is 46.3. The highest BCUT2D eigenvalue weighted by atomic mass is 16.8. The number of nitrogens with two attached hydrogens (primary N) is 6. The predicted molar refractivity (Wildman–Crippen MR) is 171 cm³/mol. The quantitative estimate of drug-likeness (QED) is 0.0874. The van der Waals surface area contributed by atoms with Crippen molar-refractivity contribution in [1.29, 1.82) is 0 Å². The van der Waals surface area contributed by atoms with Crippen molar-refractivity contribution in [3.8, 4) is 0 Å². The van der Waals surface area contributed by atoms with Crippen molar-refractivity contribution in [2.75, 3.05) is 26.4 Å². The van der Waals surface area contributed by atoms with E-state index in [2.05, 4.69) is 0 Å². The summed E-state index contributed by atoms with van der Waals surface area (Å²) in [6.45, 7) is -2.32. The van der Waals surface area contributed by atoms with Crippen LogP contribution in [0.15, 0.2) is 0 Å². The van der Waals surface area contributed by atoms with Gasteiger partial charge in [-0.05, 0) is 6.42 Å². The summed E-state index contributed by atoms with van der Waals surface area (Å²) in [6, 6.07) is -5.84. The number of hydrogen-bond donors (Lipinski definition) is 16. The number of hydrogen-bond acceptors (Lipinski definition) is 24. The van der Waals surface area contributed by atoms with Crippen LogP contribution in [0.5, 0.6) is 0 Å². The van der Waals surface area contributed by atoms with E-state index >= 15 is 0 Å². The van der Waals surface area contributed by atoms with Gasteiger partial charge in [-0.25, -0.2) is 0 Å². The number of ether oxygens (including phenoxy) is 8. The van der Waals surface area contributed by atoms with Gasteiger partial charge in [0.2, 0.25) is 0 Å². The second-order valence-corrected chi connectivity index (χ2v) is 14.1. The van der Waals surface area contributed by atoms with Crippen LogP contribution in [0.3, 0.4) is 0 Å². The lowest BCUT2D eigenvalue weighted by atomic mass is 9.84. The highest BCUT2D eigenvalue weighted by Crippen LogP contribution is 2.35. The SMILES string of the molecule is NC[C@@H]1O[C@H](O[C@H]2[C@@H](O)[C@H](O[C@@H]3[C@@H](O)[C@H](N)C[C@H](N)[C@H]3O[C@H]3O[C@H](CO)[C@@H](O[C@H]4O[C@H](CO)[C@@H](N)[C@H](O)[C@H]4O)[C@H](O)[C@H]3N)O[C@@H]2CO)[C@H](N)[C@@H](O)[C@@H]1O. The molecule has 53 heavy (non-hydrogen) atoms. The maximum absolute atomic E-state index is 11.3. The third-order valence-electron chi connectivity index (χ3n) is 10.5. The van der Waals surface area contributed by atoms with Crippen molar-refractivity contribution in [2.45, 2.75) is 153 Å². The van der Waals surface area contributed by atoms with Crippen LogP contribution in [0.4, 0.5) is 0 Å².